The lowest BCUT2D eigenvalue weighted by atomic mass is 10.2. The van der Waals surface area contributed by atoms with Crippen LogP contribution >= 0.6 is 11.6 Å². The first-order valence-electron chi connectivity index (χ1n) is 9.68. The van der Waals surface area contributed by atoms with Crippen LogP contribution in [0.4, 0.5) is 11.4 Å². The van der Waals surface area contributed by atoms with Gasteiger partial charge in [-0.1, -0.05) is 41.4 Å². The number of nitrogens with one attached hydrogen (secondary N) is 2. The summed E-state index contributed by atoms with van der Waals surface area (Å²) in [6, 6.07) is 18.2. The first-order valence-corrected chi connectivity index (χ1v) is 11.5. The average molecular weight is 459 g/mol. The molecule has 0 spiro atoms. The second-order valence-corrected chi connectivity index (χ2v) is 9.11. The number of amides is 1. The summed E-state index contributed by atoms with van der Waals surface area (Å²) in [5.41, 5.74) is 1.74. The third kappa shape index (κ3) is 5.57. The zero-order chi connectivity index (χ0) is 22.4. The molecule has 8 heteroatoms. The first-order chi connectivity index (χ1) is 14.8. The van der Waals surface area contributed by atoms with Crippen molar-refractivity contribution >= 4 is 38.7 Å². The molecule has 0 aliphatic heterocycles. The van der Waals surface area contributed by atoms with Crippen LogP contribution in [0, 0.1) is 6.92 Å². The lowest BCUT2D eigenvalue weighted by Crippen LogP contribution is -2.22. The quantitative estimate of drug-likeness (QED) is 0.500. The Morgan fingerprint density at radius 1 is 1.00 bits per heavy atom. The average Bonchev–Trinajstić information content (AvgIpc) is 2.75. The molecular formula is C23H23ClN2O4S. The van der Waals surface area contributed by atoms with E-state index in [1.54, 1.807) is 60.7 Å². The zero-order valence-electron chi connectivity index (χ0n) is 17.2. The van der Waals surface area contributed by atoms with E-state index < -0.39 is 9.84 Å². The Morgan fingerprint density at radius 3 is 2.39 bits per heavy atom. The zero-order valence-corrected chi connectivity index (χ0v) is 18.8. The standard InChI is InChI=1S/C23H23ClN2O4S/c1-3-30-17-10-13-21(25-15-23(27)26-20-7-5-4-6-19(20)24)22(14-17)31(28,29)18-11-8-16(2)9-12-18/h4-14,25H,3,15H2,1-2H3,(H,26,27). The number of anilines is 2. The highest BCUT2D eigenvalue weighted by molar-refractivity contribution is 7.91. The second-order valence-electron chi connectivity index (χ2n) is 6.79. The fraction of sp³-hybridized carbons (Fsp3) is 0.174. The van der Waals surface area contributed by atoms with Gasteiger partial charge in [-0.15, -0.1) is 0 Å². The van der Waals surface area contributed by atoms with Gasteiger partial charge in [0.1, 0.15) is 5.75 Å². The highest BCUT2D eigenvalue weighted by Gasteiger charge is 2.23. The Kier molecular flexibility index (Phi) is 7.20. The summed E-state index contributed by atoms with van der Waals surface area (Å²) < 4.78 is 32.1. The molecule has 6 nitrogen and oxygen atoms in total. The van der Waals surface area contributed by atoms with Crippen LogP contribution in [0.2, 0.25) is 5.02 Å². The molecule has 0 radical (unpaired) electrons. The summed E-state index contributed by atoms with van der Waals surface area (Å²) in [5, 5.41) is 6.04. The minimum atomic E-state index is -3.84. The van der Waals surface area contributed by atoms with Crippen LogP contribution in [-0.2, 0) is 14.6 Å². The van der Waals surface area contributed by atoms with Crippen molar-refractivity contribution < 1.29 is 17.9 Å². The fourth-order valence-electron chi connectivity index (χ4n) is 2.90. The van der Waals surface area contributed by atoms with E-state index in [4.69, 9.17) is 16.3 Å². The molecule has 3 aromatic rings. The molecule has 1 amide bonds. The largest absolute Gasteiger partial charge is 0.494 e. The van der Waals surface area contributed by atoms with E-state index in [0.717, 1.165) is 5.56 Å². The van der Waals surface area contributed by atoms with Crippen molar-refractivity contribution in [1.29, 1.82) is 0 Å². The molecule has 3 rings (SSSR count). The smallest absolute Gasteiger partial charge is 0.243 e. The molecule has 0 saturated carbocycles. The molecule has 0 aliphatic rings. The molecule has 0 aromatic heterocycles. The van der Waals surface area contributed by atoms with E-state index >= 15 is 0 Å². The molecule has 0 bridgehead atoms. The highest BCUT2D eigenvalue weighted by Crippen LogP contribution is 2.31. The monoisotopic (exact) mass is 458 g/mol. The number of hydrogen-bond donors (Lipinski definition) is 2. The first kappa shape index (κ1) is 22.7. The van der Waals surface area contributed by atoms with Crippen molar-refractivity contribution in [3.63, 3.8) is 0 Å². The maximum atomic E-state index is 13.3. The van der Waals surface area contributed by atoms with Crippen molar-refractivity contribution in [2.45, 2.75) is 23.6 Å². The van der Waals surface area contributed by atoms with Gasteiger partial charge < -0.3 is 15.4 Å². The predicted molar refractivity (Wildman–Crippen MR) is 123 cm³/mol. The van der Waals surface area contributed by atoms with Gasteiger partial charge in [0, 0.05) is 6.07 Å². The van der Waals surface area contributed by atoms with Crippen molar-refractivity contribution in [3.05, 3.63) is 77.3 Å². The van der Waals surface area contributed by atoms with Crippen molar-refractivity contribution in [2.24, 2.45) is 0 Å². The highest BCUT2D eigenvalue weighted by atomic mass is 35.5. The van der Waals surface area contributed by atoms with E-state index in [-0.39, 0.29) is 22.2 Å². The predicted octanol–water partition coefficient (Wildman–Crippen LogP) is 4.93. The fourth-order valence-corrected chi connectivity index (χ4v) is 4.54. The summed E-state index contributed by atoms with van der Waals surface area (Å²) in [6.45, 7) is 3.96. The number of carbonyl (C=O) groups is 1. The van der Waals surface area contributed by atoms with Crippen molar-refractivity contribution in [3.8, 4) is 5.75 Å². The number of para-hydroxylation sites is 1. The molecule has 0 heterocycles. The molecule has 0 atom stereocenters. The van der Waals surface area contributed by atoms with Crippen molar-refractivity contribution in [1.82, 2.24) is 0 Å². The minimum Gasteiger partial charge on any atom is -0.494 e. The number of rotatable bonds is 8. The molecule has 0 saturated heterocycles. The molecule has 31 heavy (non-hydrogen) atoms. The van der Waals surface area contributed by atoms with Crippen LogP contribution in [0.15, 0.2) is 76.5 Å². The van der Waals surface area contributed by atoms with Gasteiger partial charge in [0.2, 0.25) is 15.7 Å². The summed E-state index contributed by atoms with van der Waals surface area (Å²) in [7, 11) is -3.84. The van der Waals surface area contributed by atoms with Crippen LogP contribution in [-0.4, -0.2) is 27.5 Å². The molecule has 0 aliphatic carbocycles. The Bertz CT molecular complexity index is 1180. The molecule has 3 aromatic carbocycles. The molecular weight excluding hydrogens is 436 g/mol. The normalized spacial score (nSPS) is 11.1. The van der Waals surface area contributed by atoms with Crippen LogP contribution < -0.4 is 15.4 Å². The van der Waals surface area contributed by atoms with Gasteiger partial charge in [0.15, 0.2) is 0 Å². The Labute approximate surface area is 187 Å². The van der Waals surface area contributed by atoms with E-state index in [1.807, 2.05) is 13.8 Å². The Morgan fingerprint density at radius 2 is 1.71 bits per heavy atom. The van der Waals surface area contributed by atoms with Crippen LogP contribution in [0.5, 0.6) is 5.75 Å². The van der Waals surface area contributed by atoms with E-state index in [0.29, 0.717) is 28.8 Å². The Balaban J connectivity index is 1.87. The lowest BCUT2D eigenvalue weighted by Gasteiger charge is -2.15. The molecule has 2 N–H and O–H groups in total. The number of aryl methyl sites for hydroxylation is 1. The van der Waals surface area contributed by atoms with Crippen LogP contribution in [0.25, 0.3) is 0 Å². The van der Waals surface area contributed by atoms with Crippen LogP contribution in [0.3, 0.4) is 0 Å². The SMILES string of the molecule is CCOc1ccc(NCC(=O)Nc2ccccc2Cl)c(S(=O)(=O)c2ccc(C)cc2)c1. The maximum absolute atomic E-state index is 13.3. The number of ether oxygens (including phenoxy) is 1. The summed E-state index contributed by atoms with van der Waals surface area (Å²) in [5.74, 6) is 0.0694. The number of carbonyl (C=O) groups excluding carboxylic acids is 1. The maximum Gasteiger partial charge on any atom is 0.243 e. The van der Waals surface area contributed by atoms with Gasteiger partial charge in [-0.2, -0.15) is 0 Å². The van der Waals surface area contributed by atoms with Gasteiger partial charge in [0.05, 0.1) is 39.3 Å². The van der Waals surface area contributed by atoms with Gasteiger partial charge in [0.25, 0.3) is 0 Å². The number of halogens is 1. The second kappa shape index (κ2) is 9.85. The van der Waals surface area contributed by atoms with Gasteiger partial charge in [-0.05, 0) is 50.2 Å². The number of hydrogen-bond acceptors (Lipinski definition) is 5. The topological polar surface area (TPSA) is 84.5 Å². The minimum absolute atomic E-state index is 0.0350. The van der Waals surface area contributed by atoms with Gasteiger partial charge in [-0.25, -0.2) is 8.42 Å². The van der Waals surface area contributed by atoms with E-state index in [9.17, 15) is 13.2 Å². The van der Waals surface area contributed by atoms with Gasteiger partial charge in [-0.3, -0.25) is 4.79 Å². The summed E-state index contributed by atoms with van der Waals surface area (Å²) >= 11 is 6.07. The molecule has 162 valence electrons. The number of sulfone groups is 1. The lowest BCUT2D eigenvalue weighted by molar-refractivity contribution is -0.114. The summed E-state index contributed by atoms with van der Waals surface area (Å²) in [6.07, 6.45) is 0. The van der Waals surface area contributed by atoms with E-state index in [1.165, 1.54) is 6.07 Å². The van der Waals surface area contributed by atoms with Gasteiger partial charge >= 0.3 is 0 Å². The molecule has 0 unspecified atom stereocenters. The molecule has 0 fully saturated rings. The van der Waals surface area contributed by atoms with E-state index in [2.05, 4.69) is 10.6 Å². The number of benzene rings is 3. The van der Waals surface area contributed by atoms with Crippen LogP contribution in [0.1, 0.15) is 12.5 Å². The third-order valence-corrected chi connectivity index (χ3v) is 6.61. The Hall–Kier alpha value is -3.03. The van der Waals surface area contributed by atoms with Crippen molar-refractivity contribution in [2.75, 3.05) is 23.8 Å². The third-order valence-electron chi connectivity index (χ3n) is 4.47. The summed E-state index contributed by atoms with van der Waals surface area (Å²) in [4.78, 5) is 12.6.